The summed E-state index contributed by atoms with van der Waals surface area (Å²) < 4.78 is 0. The standard InChI is InChI=1S/C5H9NOS/c1-3-4(7)6-5(3)8-2/h3,5H,1-2H3,(H,6,7)/t3-,5+/m0/s1. The molecule has 1 rings (SSSR count). The first-order valence-electron chi connectivity index (χ1n) is 2.59. The highest BCUT2D eigenvalue weighted by Gasteiger charge is 2.33. The first-order chi connectivity index (χ1) is 3.75. The monoisotopic (exact) mass is 131 g/mol. The van der Waals surface area contributed by atoms with Crippen LogP contribution in [0.2, 0.25) is 0 Å². The molecule has 0 unspecified atom stereocenters. The molecule has 0 radical (unpaired) electrons. The van der Waals surface area contributed by atoms with Crippen LogP contribution in [0.15, 0.2) is 0 Å². The number of β-lactam (4-membered cyclic amide) rings is 1. The van der Waals surface area contributed by atoms with Gasteiger partial charge in [-0.05, 0) is 6.26 Å². The summed E-state index contributed by atoms with van der Waals surface area (Å²) in [6.45, 7) is 1.94. The summed E-state index contributed by atoms with van der Waals surface area (Å²) in [6, 6.07) is 0. The summed E-state index contributed by atoms with van der Waals surface area (Å²) in [5.74, 6) is 0.411. The first kappa shape index (κ1) is 5.95. The largest absolute Gasteiger partial charge is 0.343 e. The van der Waals surface area contributed by atoms with Gasteiger partial charge in [0.25, 0.3) is 0 Å². The van der Waals surface area contributed by atoms with E-state index in [9.17, 15) is 4.79 Å². The van der Waals surface area contributed by atoms with E-state index in [-0.39, 0.29) is 11.8 Å². The second-order valence-electron chi connectivity index (χ2n) is 1.95. The lowest BCUT2D eigenvalue weighted by Gasteiger charge is -2.32. The van der Waals surface area contributed by atoms with Crippen molar-refractivity contribution in [3.8, 4) is 0 Å². The zero-order chi connectivity index (χ0) is 6.15. The summed E-state index contributed by atoms with van der Waals surface area (Å²) in [5, 5.41) is 3.14. The topological polar surface area (TPSA) is 29.1 Å². The van der Waals surface area contributed by atoms with Gasteiger partial charge < -0.3 is 5.32 Å². The van der Waals surface area contributed by atoms with Gasteiger partial charge in [0.1, 0.15) is 0 Å². The van der Waals surface area contributed by atoms with Crippen LogP contribution in [0.25, 0.3) is 0 Å². The molecule has 1 N–H and O–H groups in total. The second kappa shape index (κ2) is 1.97. The lowest BCUT2D eigenvalue weighted by molar-refractivity contribution is -0.131. The molecule has 0 aromatic heterocycles. The highest BCUT2D eigenvalue weighted by molar-refractivity contribution is 7.99. The van der Waals surface area contributed by atoms with Gasteiger partial charge in [0.15, 0.2) is 0 Å². The van der Waals surface area contributed by atoms with Gasteiger partial charge in [0.05, 0.1) is 11.3 Å². The van der Waals surface area contributed by atoms with Crippen LogP contribution in [0.4, 0.5) is 0 Å². The average molecular weight is 131 g/mol. The molecule has 0 spiro atoms. The van der Waals surface area contributed by atoms with Crippen LogP contribution in [0.3, 0.4) is 0 Å². The molecule has 1 saturated heterocycles. The number of rotatable bonds is 1. The predicted molar refractivity (Wildman–Crippen MR) is 34.6 cm³/mol. The molecule has 0 aliphatic carbocycles. The number of amides is 1. The van der Waals surface area contributed by atoms with E-state index in [1.165, 1.54) is 0 Å². The molecule has 1 fully saturated rings. The van der Waals surface area contributed by atoms with Crippen LogP contribution in [0, 0.1) is 5.92 Å². The summed E-state index contributed by atoms with van der Waals surface area (Å²) in [5.41, 5.74) is 0. The highest BCUT2D eigenvalue weighted by Crippen LogP contribution is 2.21. The minimum absolute atomic E-state index is 0.185. The Balaban J connectivity index is 2.35. The van der Waals surface area contributed by atoms with Gasteiger partial charge in [-0.3, -0.25) is 4.79 Å². The number of hydrogen-bond donors (Lipinski definition) is 1. The van der Waals surface area contributed by atoms with E-state index in [0.29, 0.717) is 5.37 Å². The van der Waals surface area contributed by atoms with Gasteiger partial charge in [-0.1, -0.05) is 6.92 Å². The third kappa shape index (κ3) is 0.708. The van der Waals surface area contributed by atoms with Crippen molar-refractivity contribution >= 4 is 17.7 Å². The van der Waals surface area contributed by atoms with Crippen molar-refractivity contribution in [2.75, 3.05) is 6.26 Å². The van der Waals surface area contributed by atoms with Gasteiger partial charge in [0, 0.05) is 0 Å². The maximum absolute atomic E-state index is 10.5. The van der Waals surface area contributed by atoms with Crippen molar-refractivity contribution in [2.24, 2.45) is 5.92 Å². The quantitative estimate of drug-likeness (QED) is 0.523. The fourth-order valence-electron chi connectivity index (χ4n) is 0.701. The number of hydrogen-bond acceptors (Lipinski definition) is 2. The number of carbonyl (C=O) groups excluding carboxylic acids is 1. The summed E-state index contributed by atoms with van der Waals surface area (Å²) in [7, 11) is 0. The van der Waals surface area contributed by atoms with E-state index in [1.54, 1.807) is 11.8 Å². The van der Waals surface area contributed by atoms with Crippen LogP contribution in [-0.2, 0) is 4.79 Å². The molecular formula is C5H9NOS. The Hall–Kier alpha value is -0.180. The third-order valence-electron chi connectivity index (χ3n) is 1.41. The van der Waals surface area contributed by atoms with Crippen molar-refractivity contribution in [1.82, 2.24) is 5.32 Å². The molecule has 1 aliphatic heterocycles. The van der Waals surface area contributed by atoms with Crippen LogP contribution in [0.1, 0.15) is 6.92 Å². The van der Waals surface area contributed by atoms with Crippen LogP contribution < -0.4 is 5.32 Å². The molecule has 0 aromatic rings. The van der Waals surface area contributed by atoms with E-state index in [1.807, 2.05) is 13.2 Å². The van der Waals surface area contributed by atoms with E-state index in [4.69, 9.17) is 0 Å². The van der Waals surface area contributed by atoms with Gasteiger partial charge in [0.2, 0.25) is 5.91 Å². The van der Waals surface area contributed by atoms with Crippen molar-refractivity contribution < 1.29 is 4.79 Å². The Bertz CT molecular complexity index is 115. The van der Waals surface area contributed by atoms with Crippen molar-refractivity contribution in [1.29, 1.82) is 0 Å². The van der Waals surface area contributed by atoms with Gasteiger partial charge in [-0.2, -0.15) is 0 Å². The van der Waals surface area contributed by atoms with E-state index in [2.05, 4.69) is 5.32 Å². The SMILES string of the molecule is CS[C@H]1NC(=O)[C@@H]1C. The Labute approximate surface area is 53.0 Å². The molecule has 0 aromatic carbocycles. The molecule has 3 heteroatoms. The van der Waals surface area contributed by atoms with Gasteiger partial charge >= 0.3 is 0 Å². The Morgan fingerprint density at radius 1 is 1.75 bits per heavy atom. The molecule has 0 bridgehead atoms. The molecular weight excluding hydrogens is 122 g/mol. The molecule has 2 nitrogen and oxygen atoms in total. The zero-order valence-electron chi connectivity index (χ0n) is 4.97. The Morgan fingerprint density at radius 3 is 2.50 bits per heavy atom. The third-order valence-corrected chi connectivity index (χ3v) is 2.44. The predicted octanol–water partition coefficient (Wildman–Crippen LogP) is 0.441. The van der Waals surface area contributed by atoms with Crippen LogP contribution >= 0.6 is 11.8 Å². The number of carbonyl (C=O) groups is 1. The average Bonchev–Trinajstić information content (AvgIpc) is 1.81. The highest BCUT2D eigenvalue weighted by atomic mass is 32.2. The van der Waals surface area contributed by atoms with Crippen molar-refractivity contribution in [2.45, 2.75) is 12.3 Å². The fraction of sp³-hybridized carbons (Fsp3) is 0.800. The maximum atomic E-state index is 10.5. The molecule has 2 atom stereocenters. The van der Waals surface area contributed by atoms with E-state index in [0.717, 1.165) is 0 Å². The summed E-state index contributed by atoms with van der Waals surface area (Å²) in [4.78, 5) is 10.5. The van der Waals surface area contributed by atoms with E-state index < -0.39 is 0 Å². The molecule has 8 heavy (non-hydrogen) atoms. The van der Waals surface area contributed by atoms with E-state index >= 15 is 0 Å². The second-order valence-corrected chi connectivity index (χ2v) is 2.93. The summed E-state index contributed by atoms with van der Waals surface area (Å²) >= 11 is 1.69. The lowest BCUT2D eigenvalue weighted by atomic mass is 10.1. The zero-order valence-corrected chi connectivity index (χ0v) is 5.79. The molecule has 1 amide bonds. The normalized spacial score (nSPS) is 36.0. The Kier molecular flexibility index (Phi) is 1.47. The maximum Gasteiger partial charge on any atom is 0.226 e. The molecule has 0 saturated carbocycles. The minimum atomic E-state index is 0.185. The van der Waals surface area contributed by atoms with Gasteiger partial charge in [-0.25, -0.2) is 0 Å². The van der Waals surface area contributed by atoms with Gasteiger partial charge in [-0.15, -0.1) is 11.8 Å². The first-order valence-corrected chi connectivity index (χ1v) is 3.87. The van der Waals surface area contributed by atoms with Crippen LogP contribution in [0.5, 0.6) is 0 Å². The van der Waals surface area contributed by atoms with Crippen LogP contribution in [-0.4, -0.2) is 17.5 Å². The smallest absolute Gasteiger partial charge is 0.226 e. The molecule has 1 aliphatic rings. The fourth-order valence-corrected chi connectivity index (χ4v) is 1.47. The van der Waals surface area contributed by atoms with Crippen molar-refractivity contribution in [3.63, 3.8) is 0 Å². The Morgan fingerprint density at radius 2 is 2.38 bits per heavy atom. The van der Waals surface area contributed by atoms with Crippen molar-refractivity contribution in [3.05, 3.63) is 0 Å². The number of thioether (sulfide) groups is 1. The summed E-state index contributed by atoms with van der Waals surface area (Å²) in [6.07, 6.45) is 2.00. The minimum Gasteiger partial charge on any atom is -0.343 e. The number of nitrogens with one attached hydrogen (secondary N) is 1. The molecule has 46 valence electrons. The molecule has 1 heterocycles. The lowest BCUT2D eigenvalue weighted by Crippen LogP contribution is -2.54.